The van der Waals surface area contributed by atoms with Gasteiger partial charge in [-0.25, -0.2) is 0 Å². The number of nitrogens with zero attached hydrogens (tertiary/aromatic N) is 2. The normalized spacial score (nSPS) is 16.6. The van der Waals surface area contributed by atoms with Gasteiger partial charge in [-0.3, -0.25) is 9.80 Å². The lowest BCUT2D eigenvalue weighted by Gasteiger charge is -2.20. The van der Waals surface area contributed by atoms with Crippen LogP contribution in [0.5, 0.6) is 5.75 Å². The summed E-state index contributed by atoms with van der Waals surface area (Å²) in [6, 6.07) is 3.09. The van der Waals surface area contributed by atoms with Crippen molar-refractivity contribution in [3.63, 3.8) is 0 Å². The zero-order valence-electron chi connectivity index (χ0n) is 19.1. The van der Waals surface area contributed by atoms with Gasteiger partial charge in [0.15, 0.2) is 5.11 Å². The van der Waals surface area contributed by atoms with Gasteiger partial charge in [0.05, 0.1) is 12.2 Å². The fourth-order valence-corrected chi connectivity index (χ4v) is 3.40. The number of carbonyl (C=O) groups is 1. The van der Waals surface area contributed by atoms with Crippen LogP contribution < -0.4 is 15.4 Å². The highest BCUT2D eigenvalue weighted by atomic mass is 32.1. The molecule has 6 nitrogen and oxygen atoms in total. The molecule has 10 heteroatoms. The number of halogens is 3. The lowest BCUT2D eigenvalue weighted by Crippen LogP contribution is -2.45. The summed E-state index contributed by atoms with van der Waals surface area (Å²) >= 11 is 5.15. The van der Waals surface area contributed by atoms with Crippen LogP contribution in [0.4, 0.5) is 18.9 Å². The predicted octanol–water partition coefficient (Wildman–Crippen LogP) is 5.19. The van der Waals surface area contributed by atoms with E-state index in [1.165, 1.54) is 12.1 Å². The number of hydrogen-bond donors (Lipinski definition) is 2. The smallest absolute Gasteiger partial charge is 0.420 e. The highest BCUT2D eigenvalue weighted by Gasteiger charge is 2.36. The quantitative estimate of drug-likeness (QED) is 0.422. The molecule has 0 aliphatic carbocycles. The highest BCUT2D eigenvalue weighted by Crippen LogP contribution is 2.38. The first kappa shape index (κ1) is 25.9. The van der Waals surface area contributed by atoms with Gasteiger partial charge in [-0.15, -0.1) is 0 Å². The lowest BCUT2D eigenvalue weighted by molar-refractivity contribution is -0.139. The zero-order chi connectivity index (χ0) is 24.1. The summed E-state index contributed by atoms with van der Waals surface area (Å²) in [4.78, 5) is 12.6. The molecule has 0 saturated heterocycles. The van der Waals surface area contributed by atoms with Gasteiger partial charge in [-0.2, -0.15) is 18.3 Å². The molecule has 1 aliphatic rings. The van der Waals surface area contributed by atoms with Gasteiger partial charge in [0.2, 0.25) is 0 Å². The average molecular weight is 473 g/mol. The molecular weight excluding hydrogens is 441 g/mol. The monoisotopic (exact) mass is 472 g/mol. The van der Waals surface area contributed by atoms with Gasteiger partial charge >= 0.3 is 6.18 Å². The maximum absolute atomic E-state index is 13.5. The van der Waals surface area contributed by atoms with Crippen molar-refractivity contribution in [3.8, 4) is 5.75 Å². The number of hydrogen-bond acceptors (Lipinski definition) is 5. The van der Waals surface area contributed by atoms with Gasteiger partial charge in [0.1, 0.15) is 11.8 Å². The Morgan fingerprint density at radius 2 is 1.97 bits per heavy atom. The summed E-state index contributed by atoms with van der Waals surface area (Å²) in [6.07, 6.45) is -1.62. The SMILES string of the molecule is CCCCCOc1ccc(NC(=S)NC(=O)C2CC(C(C)(C)C)=NN2C)cc1C(F)(F)F. The number of hydrazone groups is 1. The Kier molecular flexibility index (Phi) is 8.50. The molecule has 0 spiro atoms. The van der Waals surface area contributed by atoms with Crippen molar-refractivity contribution in [2.24, 2.45) is 10.5 Å². The topological polar surface area (TPSA) is 66.0 Å². The van der Waals surface area contributed by atoms with E-state index in [1.54, 1.807) is 12.1 Å². The first-order valence-electron chi connectivity index (χ1n) is 10.6. The minimum absolute atomic E-state index is 0.0858. The number of likely N-dealkylation sites (N-methyl/N-ethyl adjacent to an activating group) is 1. The number of carbonyl (C=O) groups excluding carboxylic acids is 1. The number of thiocarbonyl (C=S) groups is 1. The fraction of sp³-hybridized carbons (Fsp3) is 0.591. The fourth-order valence-electron chi connectivity index (χ4n) is 3.18. The number of benzene rings is 1. The second kappa shape index (κ2) is 10.5. The van der Waals surface area contributed by atoms with E-state index in [2.05, 4.69) is 15.7 Å². The Balaban J connectivity index is 2.02. The Bertz CT molecular complexity index is 866. The van der Waals surface area contributed by atoms with E-state index in [1.807, 2.05) is 27.7 Å². The molecule has 1 amide bonds. The Labute approximate surface area is 192 Å². The van der Waals surface area contributed by atoms with Crippen molar-refractivity contribution >= 4 is 34.6 Å². The number of rotatable bonds is 7. The van der Waals surface area contributed by atoms with Crippen molar-refractivity contribution in [1.82, 2.24) is 10.3 Å². The number of nitrogens with one attached hydrogen (secondary N) is 2. The minimum Gasteiger partial charge on any atom is -0.493 e. The van der Waals surface area contributed by atoms with Crippen molar-refractivity contribution in [3.05, 3.63) is 23.8 Å². The minimum atomic E-state index is -4.59. The van der Waals surface area contributed by atoms with Crippen LogP contribution in [0.1, 0.15) is 58.9 Å². The van der Waals surface area contributed by atoms with E-state index in [4.69, 9.17) is 17.0 Å². The molecule has 0 bridgehead atoms. The van der Waals surface area contributed by atoms with Crippen LogP contribution in [-0.2, 0) is 11.0 Å². The van der Waals surface area contributed by atoms with Crippen molar-refractivity contribution in [2.45, 2.75) is 65.6 Å². The summed E-state index contributed by atoms with van der Waals surface area (Å²) < 4.78 is 45.8. The third kappa shape index (κ3) is 7.08. The number of amides is 1. The summed E-state index contributed by atoms with van der Waals surface area (Å²) in [5.41, 5.74) is -0.0682. The van der Waals surface area contributed by atoms with Gasteiger partial charge in [0, 0.05) is 30.3 Å². The molecule has 0 fully saturated rings. The molecule has 2 rings (SSSR count). The van der Waals surface area contributed by atoms with Crippen LogP contribution in [0.2, 0.25) is 0 Å². The molecule has 178 valence electrons. The highest BCUT2D eigenvalue weighted by molar-refractivity contribution is 7.80. The number of alkyl halides is 3. The van der Waals surface area contributed by atoms with E-state index in [-0.39, 0.29) is 34.5 Å². The molecule has 1 atom stereocenters. The van der Waals surface area contributed by atoms with Gasteiger partial charge in [-0.1, -0.05) is 40.5 Å². The second-order valence-corrected chi connectivity index (χ2v) is 9.21. The van der Waals surface area contributed by atoms with Gasteiger partial charge < -0.3 is 15.4 Å². The Morgan fingerprint density at radius 1 is 1.28 bits per heavy atom. The van der Waals surface area contributed by atoms with Crippen molar-refractivity contribution < 1.29 is 22.7 Å². The molecule has 1 unspecified atom stereocenters. The zero-order valence-corrected chi connectivity index (χ0v) is 19.9. The van der Waals surface area contributed by atoms with Crippen LogP contribution in [0.15, 0.2) is 23.3 Å². The Morgan fingerprint density at radius 3 is 2.53 bits per heavy atom. The van der Waals surface area contributed by atoms with Crippen LogP contribution in [-0.4, -0.2) is 41.4 Å². The first-order valence-corrected chi connectivity index (χ1v) is 11.0. The standard InChI is InChI=1S/C22H31F3N4O2S/c1-6-7-8-11-31-17-10-9-14(12-15(17)22(23,24)25)26-20(32)27-19(30)16-13-18(21(2,3)4)28-29(16)5/h9-10,12,16H,6-8,11,13H2,1-5H3,(H2,26,27,30,32). The van der Waals surface area contributed by atoms with Gasteiger partial charge in [-0.05, 0) is 36.8 Å². The molecule has 1 heterocycles. The third-order valence-corrected chi connectivity index (χ3v) is 5.27. The van der Waals surface area contributed by atoms with Crippen molar-refractivity contribution in [2.75, 3.05) is 19.0 Å². The summed E-state index contributed by atoms with van der Waals surface area (Å²) in [5, 5.41) is 11.1. The van der Waals surface area contributed by atoms with Crippen LogP contribution in [0, 0.1) is 5.41 Å². The van der Waals surface area contributed by atoms with Gasteiger partial charge in [0.25, 0.3) is 5.91 Å². The molecule has 1 aliphatic heterocycles. The predicted molar refractivity (Wildman–Crippen MR) is 124 cm³/mol. The maximum atomic E-state index is 13.5. The van der Waals surface area contributed by atoms with Crippen LogP contribution >= 0.6 is 12.2 Å². The van der Waals surface area contributed by atoms with E-state index in [0.29, 0.717) is 12.8 Å². The molecular formula is C22H31F3N4O2S. The van der Waals surface area contributed by atoms with E-state index < -0.39 is 17.8 Å². The van der Waals surface area contributed by atoms with Crippen LogP contribution in [0.25, 0.3) is 0 Å². The molecule has 32 heavy (non-hydrogen) atoms. The summed E-state index contributed by atoms with van der Waals surface area (Å²) in [7, 11) is 1.70. The lowest BCUT2D eigenvalue weighted by atomic mass is 9.87. The maximum Gasteiger partial charge on any atom is 0.420 e. The molecule has 0 radical (unpaired) electrons. The van der Waals surface area contributed by atoms with E-state index in [9.17, 15) is 18.0 Å². The first-order chi connectivity index (χ1) is 14.8. The summed E-state index contributed by atoms with van der Waals surface area (Å²) in [6.45, 7) is 8.26. The molecule has 1 aromatic rings. The average Bonchev–Trinajstić information content (AvgIpc) is 3.07. The van der Waals surface area contributed by atoms with Crippen molar-refractivity contribution in [1.29, 1.82) is 0 Å². The second-order valence-electron chi connectivity index (χ2n) is 8.80. The largest absolute Gasteiger partial charge is 0.493 e. The molecule has 1 aromatic carbocycles. The third-order valence-electron chi connectivity index (χ3n) is 5.07. The number of ether oxygens (including phenoxy) is 1. The van der Waals surface area contributed by atoms with E-state index in [0.717, 1.165) is 24.6 Å². The molecule has 0 saturated carbocycles. The number of anilines is 1. The Hall–Kier alpha value is -2.36. The molecule has 0 aromatic heterocycles. The van der Waals surface area contributed by atoms with Crippen LogP contribution in [0.3, 0.4) is 0 Å². The van der Waals surface area contributed by atoms with E-state index >= 15 is 0 Å². The number of unbranched alkanes of at least 4 members (excludes halogenated alkanes) is 2. The molecule has 2 N–H and O–H groups in total. The summed E-state index contributed by atoms with van der Waals surface area (Å²) in [5.74, 6) is -0.603.